The van der Waals surface area contributed by atoms with Crippen molar-refractivity contribution in [1.29, 1.82) is 5.26 Å². The lowest BCUT2D eigenvalue weighted by Crippen LogP contribution is -2.28. The number of hydrogen-bond acceptors (Lipinski definition) is 4. The number of nitriles is 1. The SMILES string of the molecule is Cc1ccc(C(=O)NCCNc2cccc(F)c2C#N)s1. The van der Waals surface area contributed by atoms with Crippen LogP contribution in [0.3, 0.4) is 0 Å². The molecule has 0 spiro atoms. The Bertz CT molecular complexity index is 690. The average molecular weight is 303 g/mol. The molecule has 6 heteroatoms. The molecular weight excluding hydrogens is 289 g/mol. The number of nitrogens with zero attached hydrogens (tertiary/aromatic N) is 1. The maximum atomic E-state index is 13.4. The maximum absolute atomic E-state index is 13.4. The van der Waals surface area contributed by atoms with E-state index in [0.29, 0.717) is 23.7 Å². The van der Waals surface area contributed by atoms with Crippen LogP contribution in [0.4, 0.5) is 10.1 Å². The third-order valence-electron chi connectivity index (χ3n) is 2.82. The molecule has 0 aliphatic heterocycles. The smallest absolute Gasteiger partial charge is 0.261 e. The Hall–Kier alpha value is -2.39. The highest BCUT2D eigenvalue weighted by Crippen LogP contribution is 2.17. The number of rotatable bonds is 5. The maximum Gasteiger partial charge on any atom is 0.261 e. The standard InChI is InChI=1S/C15H14FN3OS/c1-10-5-6-14(21-10)15(20)19-8-7-18-13-4-2-3-12(16)11(13)9-17/h2-6,18H,7-8H2,1H3,(H,19,20). The highest BCUT2D eigenvalue weighted by Gasteiger charge is 2.08. The van der Waals surface area contributed by atoms with Gasteiger partial charge in [0.05, 0.1) is 10.6 Å². The molecule has 0 aliphatic rings. The summed E-state index contributed by atoms with van der Waals surface area (Å²) in [5.41, 5.74) is 0.413. The van der Waals surface area contributed by atoms with E-state index in [2.05, 4.69) is 10.6 Å². The zero-order valence-electron chi connectivity index (χ0n) is 11.4. The number of carbonyl (C=O) groups excluding carboxylic acids is 1. The van der Waals surface area contributed by atoms with Crippen molar-refractivity contribution in [3.05, 3.63) is 51.5 Å². The number of amides is 1. The van der Waals surface area contributed by atoms with E-state index in [1.807, 2.05) is 19.1 Å². The quantitative estimate of drug-likeness (QED) is 0.835. The number of nitrogens with one attached hydrogen (secondary N) is 2. The van der Waals surface area contributed by atoms with Gasteiger partial charge in [0.2, 0.25) is 0 Å². The van der Waals surface area contributed by atoms with E-state index >= 15 is 0 Å². The van der Waals surface area contributed by atoms with Crippen LogP contribution < -0.4 is 10.6 Å². The molecule has 2 rings (SSSR count). The lowest BCUT2D eigenvalue weighted by atomic mass is 10.2. The van der Waals surface area contributed by atoms with E-state index in [1.165, 1.54) is 23.5 Å². The minimum absolute atomic E-state index is 0.0160. The topological polar surface area (TPSA) is 64.9 Å². The van der Waals surface area contributed by atoms with Gasteiger partial charge in [-0.2, -0.15) is 5.26 Å². The van der Waals surface area contributed by atoms with Crippen LogP contribution in [0.25, 0.3) is 0 Å². The number of hydrogen-bond donors (Lipinski definition) is 2. The average Bonchev–Trinajstić information content (AvgIpc) is 2.90. The van der Waals surface area contributed by atoms with E-state index in [9.17, 15) is 9.18 Å². The highest BCUT2D eigenvalue weighted by molar-refractivity contribution is 7.13. The van der Waals surface area contributed by atoms with Crippen molar-refractivity contribution in [3.8, 4) is 6.07 Å². The van der Waals surface area contributed by atoms with Crippen LogP contribution in [-0.2, 0) is 0 Å². The lowest BCUT2D eigenvalue weighted by molar-refractivity contribution is 0.0959. The van der Waals surface area contributed by atoms with E-state index in [0.717, 1.165) is 4.88 Å². The van der Waals surface area contributed by atoms with Crippen LogP contribution in [0.2, 0.25) is 0 Å². The largest absolute Gasteiger partial charge is 0.382 e. The molecule has 2 aromatic rings. The van der Waals surface area contributed by atoms with E-state index in [1.54, 1.807) is 12.1 Å². The molecule has 0 saturated heterocycles. The highest BCUT2D eigenvalue weighted by atomic mass is 32.1. The summed E-state index contributed by atoms with van der Waals surface area (Å²) in [6.07, 6.45) is 0. The van der Waals surface area contributed by atoms with E-state index < -0.39 is 5.82 Å². The molecule has 0 bridgehead atoms. The Kier molecular flexibility index (Phi) is 4.90. The van der Waals surface area contributed by atoms with Crippen LogP contribution in [0.15, 0.2) is 30.3 Å². The van der Waals surface area contributed by atoms with Gasteiger partial charge >= 0.3 is 0 Å². The van der Waals surface area contributed by atoms with Crippen LogP contribution in [0.5, 0.6) is 0 Å². The molecule has 0 aliphatic carbocycles. The summed E-state index contributed by atoms with van der Waals surface area (Å²) in [6, 6.07) is 9.90. The van der Waals surface area contributed by atoms with Crippen molar-refractivity contribution in [2.24, 2.45) is 0 Å². The van der Waals surface area contributed by atoms with Crippen molar-refractivity contribution in [2.75, 3.05) is 18.4 Å². The number of carbonyl (C=O) groups is 1. The van der Waals surface area contributed by atoms with Crippen LogP contribution in [-0.4, -0.2) is 19.0 Å². The normalized spacial score (nSPS) is 9.95. The summed E-state index contributed by atoms with van der Waals surface area (Å²) in [5.74, 6) is -0.685. The molecule has 1 heterocycles. The number of aryl methyl sites for hydroxylation is 1. The summed E-state index contributed by atoms with van der Waals surface area (Å²) in [6.45, 7) is 2.74. The molecule has 0 fully saturated rings. The summed E-state index contributed by atoms with van der Waals surface area (Å²) < 4.78 is 13.4. The first-order valence-electron chi connectivity index (χ1n) is 6.39. The summed E-state index contributed by atoms with van der Waals surface area (Å²) in [4.78, 5) is 13.5. The Labute approximate surface area is 126 Å². The van der Waals surface area contributed by atoms with Gasteiger partial charge in [0, 0.05) is 18.0 Å². The Morgan fingerprint density at radius 2 is 2.14 bits per heavy atom. The van der Waals surface area contributed by atoms with E-state index in [-0.39, 0.29) is 11.5 Å². The number of halogens is 1. The van der Waals surface area contributed by atoms with Crippen LogP contribution in [0.1, 0.15) is 20.1 Å². The third kappa shape index (κ3) is 3.80. The molecule has 1 amide bonds. The van der Waals surface area contributed by atoms with Crippen molar-refractivity contribution in [1.82, 2.24) is 5.32 Å². The Balaban J connectivity index is 1.84. The molecule has 1 aromatic carbocycles. The van der Waals surface area contributed by atoms with Gasteiger partial charge in [-0.1, -0.05) is 6.07 Å². The second kappa shape index (κ2) is 6.86. The zero-order chi connectivity index (χ0) is 15.2. The van der Waals surface area contributed by atoms with E-state index in [4.69, 9.17) is 5.26 Å². The van der Waals surface area contributed by atoms with Crippen molar-refractivity contribution in [3.63, 3.8) is 0 Å². The van der Waals surface area contributed by atoms with Gasteiger partial charge < -0.3 is 10.6 Å². The second-order valence-electron chi connectivity index (χ2n) is 4.37. The summed E-state index contributed by atoms with van der Waals surface area (Å²) in [7, 11) is 0. The molecule has 0 atom stereocenters. The molecule has 0 saturated carbocycles. The number of benzene rings is 1. The summed E-state index contributed by atoms with van der Waals surface area (Å²) >= 11 is 1.43. The Morgan fingerprint density at radius 3 is 2.81 bits per heavy atom. The van der Waals surface area contributed by atoms with Gasteiger partial charge in [-0.3, -0.25) is 4.79 Å². The van der Waals surface area contributed by atoms with Crippen LogP contribution >= 0.6 is 11.3 Å². The fraction of sp³-hybridized carbons (Fsp3) is 0.200. The lowest BCUT2D eigenvalue weighted by Gasteiger charge is -2.09. The molecule has 2 N–H and O–H groups in total. The molecular formula is C15H14FN3OS. The fourth-order valence-electron chi connectivity index (χ4n) is 1.80. The van der Waals surface area contributed by atoms with Crippen molar-refractivity contribution in [2.45, 2.75) is 6.92 Å². The molecule has 108 valence electrons. The molecule has 0 radical (unpaired) electrons. The molecule has 4 nitrogen and oxygen atoms in total. The zero-order valence-corrected chi connectivity index (χ0v) is 12.3. The van der Waals surface area contributed by atoms with Gasteiger partial charge in [-0.25, -0.2) is 4.39 Å². The van der Waals surface area contributed by atoms with Crippen molar-refractivity contribution < 1.29 is 9.18 Å². The predicted molar refractivity (Wildman–Crippen MR) is 81.0 cm³/mol. The predicted octanol–water partition coefficient (Wildman–Crippen LogP) is 2.91. The van der Waals surface area contributed by atoms with Gasteiger partial charge in [0.15, 0.2) is 0 Å². The first-order chi connectivity index (χ1) is 10.1. The molecule has 21 heavy (non-hydrogen) atoms. The van der Waals surface area contributed by atoms with Gasteiger partial charge in [-0.05, 0) is 31.2 Å². The molecule has 0 unspecified atom stereocenters. The van der Waals surface area contributed by atoms with Gasteiger partial charge in [0.25, 0.3) is 5.91 Å². The monoisotopic (exact) mass is 303 g/mol. The van der Waals surface area contributed by atoms with Gasteiger partial charge in [-0.15, -0.1) is 11.3 Å². The second-order valence-corrected chi connectivity index (χ2v) is 5.66. The molecule has 1 aromatic heterocycles. The first-order valence-corrected chi connectivity index (χ1v) is 7.20. The number of anilines is 1. The van der Waals surface area contributed by atoms with Crippen LogP contribution in [0, 0.1) is 24.1 Å². The summed E-state index contributed by atoms with van der Waals surface area (Å²) in [5, 5.41) is 14.6. The van der Waals surface area contributed by atoms with Crippen molar-refractivity contribution >= 4 is 22.9 Å². The number of thiophene rings is 1. The Morgan fingerprint density at radius 1 is 1.33 bits per heavy atom. The minimum Gasteiger partial charge on any atom is -0.382 e. The first kappa shape index (κ1) is 15.0. The van der Waals surface area contributed by atoms with Gasteiger partial charge in [0.1, 0.15) is 17.4 Å². The minimum atomic E-state index is -0.555. The fourth-order valence-corrected chi connectivity index (χ4v) is 2.59. The third-order valence-corrected chi connectivity index (χ3v) is 3.82.